The van der Waals surface area contributed by atoms with Gasteiger partial charge < -0.3 is 9.84 Å². The Bertz CT molecular complexity index is 473. The number of aliphatic hydroxyl groups is 1. The molecule has 4 heteroatoms. The fourth-order valence-corrected chi connectivity index (χ4v) is 5.13. The summed E-state index contributed by atoms with van der Waals surface area (Å²) < 4.78 is 6.45. The van der Waals surface area contributed by atoms with Crippen molar-refractivity contribution in [2.24, 2.45) is 11.3 Å². The van der Waals surface area contributed by atoms with Crippen LogP contribution in [0.2, 0.25) is 0 Å². The van der Waals surface area contributed by atoms with Gasteiger partial charge in [-0.05, 0) is 77.6 Å². The van der Waals surface area contributed by atoms with Crippen molar-refractivity contribution in [1.29, 1.82) is 0 Å². The SMILES string of the molecule is C=C[C@@](C)(O)CC[C@H]1[C@](C)(CC[C@H](Br)C(C)(C)Cl)[C@@H]2CC[C@@]1(C)O2. The van der Waals surface area contributed by atoms with Crippen LogP contribution in [-0.2, 0) is 4.74 Å². The largest absolute Gasteiger partial charge is 0.386 e. The Labute approximate surface area is 161 Å². The highest BCUT2D eigenvalue weighted by atomic mass is 79.9. The van der Waals surface area contributed by atoms with Crippen LogP contribution >= 0.6 is 27.5 Å². The van der Waals surface area contributed by atoms with E-state index in [-0.39, 0.29) is 20.7 Å². The smallest absolute Gasteiger partial charge is 0.0797 e. The molecule has 0 radical (unpaired) electrons. The summed E-state index contributed by atoms with van der Waals surface area (Å²) in [6.45, 7) is 14.4. The molecule has 140 valence electrons. The number of rotatable bonds is 8. The van der Waals surface area contributed by atoms with Crippen LogP contribution in [0, 0.1) is 11.3 Å². The average molecular weight is 422 g/mol. The normalized spacial score (nSPS) is 39.7. The zero-order chi connectivity index (χ0) is 18.4. The molecule has 2 aliphatic heterocycles. The zero-order valence-electron chi connectivity index (χ0n) is 15.9. The molecular weight excluding hydrogens is 388 g/mol. The van der Waals surface area contributed by atoms with Crippen molar-refractivity contribution >= 4 is 27.5 Å². The summed E-state index contributed by atoms with van der Waals surface area (Å²) in [5, 5.41) is 10.3. The lowest BCUT2D eigenvalue weighted by molar-refractivity contribution is -0.000272. The molecule has 2 aliphatic rings. The Balaban J connectivity index is 2.11. The van der Waals surface area contributed by atoms with E-state index in [0.29, 0.717) is 12.0 Å². The van der Waals surface area contributed by atoms with Gasteiger partial charge in [-0.3, -0.25) is 0 Å². The van der Waals surface area contributed by atoms with Gasteiger partial charge in [-0.1, -0.05) is 28.9 Å². The topological polar surface area (TPSA) is 29.5 Å². The van der Waals surface area contributed by atoms with Crippen molar-refractivity contribution in [3.8, 4) is 0 Å². The molecule has 0 aromatic carbocycles. The van der Waals surface area contributed by atoms with Gasteiger partial charge >= 0.3 is 0 Å². The average Bonchev–Trinajstić information content (AvgIpc) is 2.95. The van der Waals surface area contributed by atoms with E-state index in [0.717, 1.165) is 38.5 Å². The molecule has 0 unspecified atom stereocenters. The van der Waals surface area contributed by atoms with Gasteiger partial charge in [-0.15, -0.1) is 18.2 Å². The van der Waals surface area contributed by atoms with Crippen LogP contribution < -0.4 is 0 Å². The number of halogens is 2. The maximum Gasteiger partial charge on any atom is 0.0797 e. The molecule has 6 atom stereocenters. The second kappa shape index (κ2) is 6.87. The van der Waals surface area contributed by atoms with Crippen molar-refractivity contribution in [3.63, 3.8) is 0 Å². The molecule has 0 saturated carbocycles. The van der Waals surface area contributed by atoms with E-state index in [1.807, 2.05) is 6.92 Å². The maximum absolute atomic E-state index is 10.3. The van der Waals surface area contributed by atoms with Crippen LogP contribution in [-0.4, -0.2) is 32.1 Å². The van der Waals surface area contributed by atoms with Gasteiger partial charge in [0.05, 0.1) is 22.2 Å². The van der Waals surface area contributed by atoms with Crippen LogP contribution in [0.25, 0.3) is 0 Å². The number of alkyl halides is 2. The van der Waals surface area contributed by atoms with Gasteiger partial charge in [-0.25, -0.2) is 0 Å². The summed E-state index contributed by atoms with van der Waals surface area (Å²) >= 11 is 10.2. The van der Waals surface area contributed by atoms with Gasteiger partial charge in [0.15, 0.2) is 0 Å². The van der Waals surface area contributed by atoms with E-state index in [4.69, 9.17) is 16.3 Å². The van der Waals surface area contributed by atoms with Crippen molar-refractivity contribution in [2.45, 2.75) is 100 Å². The molecule has 0 amide bonds. The number of hydrogen-bond donors (Lipinski definition) is 1. The van der Waals surface area contributed by atoms with Crippen LogP contribution in [0.4, 0.5) is 0 Å². The minimum absolute atomic E-state index is 0.0467. The molecule has 2 heterocycles. The Hall–Kier alpha value is 0.430. The lowest BCUT2D eigenvalue weighted by atomic mass is 9.59. The summed E-state index contributed by atoms with van der Waals surface area (Å²) in [5.41, 5.74) is -0.692. The first-order valence-electron chi connectivity index (χ1n) is 9.21. The van der Waals surface area contributed by atoms with E-state index in [9.17, 15) is 5.11 Å². The molecule has 2 saturated heterocycles. The van der Waals surface area contributed by atoms with E-state index in [1.165, 1.54) is 0 Å². The second-order valence-electron chi connectivity index (χ2n) is 9.19. The van der Waals surface area contributed by atoms with Gasteiger partial charge in [0.1, 0.15) is 0 Å². The highest BCUT2D eigenvalue weighted by Gasteiger charge is 2.62. The van der Waals surface area contributed by atoms with Crippen molar-refractivity contribution in [3.05, 3.63) is 12.7 Å². The van der Waals surface area contributed by atoms with Crippen LogP contribution in [0.5, 0.6) is 0 Å². The second-order valence-corrected chi connectivity index (χ2v) is 11.3. The molecule has 2 nitrogen and oxygen atoms in total. The molecular formula is C20H34BrClO2. The molecule has 0 aliphatic carbocycles. The fraction of sp³-hybridized carbons (Fsp3) is 0.900. The summed E-state index contributed by atoms with van der Waals surface area (Å²) in [7, 11) is 0. The maximum atomic E-state index is 10.3. The zero-order valence-corrected chi connectivity index (χ0v) is 18.2. The Kier molecular flexibility index (Phi) is 5.93. The van der Waals surface area contributed by atoms with Gasteiger partial charge in [0.25, 0.3) is 0 Å². The highest BCUT2D eigenvalue weighted by molar-refractivity contribution is 9.09. The summed E-state index contributed by atoms with van der Waals surface area (Å²) in [6.07, 6.45) is 8.12. The van der Waals surface area contributed by atoms with Crippen LogP contribution in [0.1, 0.15) is 73.1 Å². The van der Waals surface area contributed by atoms with E-state index >= 15 is 0 Å². The number of hydrogen-bond acceptors (Lipinski definition) is 2. The summed E-state index contributed by atoms with van der Waals surface area (Å²) in [6, 6.07) is 0. The molecule has 24 heavy (non-hydrogen) atoms. The Morgan fingerprint density at radius 3 is 2.58 bits per heavy atom. The molecule has 0 aromatic heterocycles. The minimum Gasteiger partial charge on any atom is -0.386 e. The van der Waals surface area contributed by atoms with Gasteiger partial charge in [0, 0.05) is 4.83 Å². The van der Waals surface area contributed by atoms with E-state index < -0.39 is 5.60 Å². The summed E-state index contributed by atoms with van der Waals surface area (Å²) in [4.78, 5) is 0.0353. The lowest BCUT2D eigenvalue weighted by Gasteiger charge is -2.43. The Morgan fingerprint density at radius 2 is 2.04 bits per heavy atom. The Morgan fingerprint density at radius 1 is 1.42 bits per heavy atom. The third kappa shape index (κ3) is 4.05. The molecule has 2 rings (SSSR count). The highest BCUT2D eigenvalue weighted by Crippen LogP contribution is 2.61. The predicted octanol–water partition coefficient (Wildman–Crippen LogP) is 5.84. The van der Waals surface area contributed by atoms with Crippen molar-refractivity contribution < 1.29 is 9.84 Å². The number of fused-ring (bicyclic) bond motifs is 2. The van der Waals surface area contributed by atoms with E-state index in [1.54, 1.807) is 6.08 Å². The van der Waals surface area contributed by atoms with Crippen LogP contribution in [0.15, 0.2) is 12.7 Å². The predicted molar refractivity (Wildman–Crippen MR) is 106 cm³/mol. The van der Waals surface area contributed by atoms with Crippen molar-refractivity contribution in [2.75, 3.05) is 0 Å². The van der Waals surface area contributed by atoms with Crippen LogP contribution in [0.3, 0.4) is 0 Å². The van der Waals surface area contributed by atoms with E-state index in [2.05, 4.69) is 50.2 Å². The van der Waals surface area contributed by atoms with Gasteiger partial charge in [-0.2, -0.15) is 0 Å². The van der Waals surface area contributed by atoms with Crippen molar-refractivity contribution in [1.82, 2.24) is 0 Å². The lowest BCUT2D eigenvalue weighted by Crippen LogP contribution is -2.44. The molecule has 0 aromatic rings. The van der Waals surface area contributed by atoms with Gasteiger partial charge in [0.2, 0.25) is 0 Å². The molecule has 1 N–H and O–H groups in total. The third-order valence-electron chi connectivity index (χ3n) is 6.64. The summed E-state index contributed by atoms with van der Waals surface area (Å²) in [5.74, 6) is 0.466. The molecule has 2 bridgehead atoms. The standard InChI is InChI=1S/C20H34BrClO2/c1-7-18(4,23)11-8-14-19(5,12-9-15(21)17(2,3)22)16-10-13-20(14,6)24-16/h7,14-16,23H,1,8-13H2,2-6H3/t14-,15-,16-,18+,19-,20+/m0/s1. The number of ether oxygens (including phenoxy) is 1. The first-order valence-corrected chi connectivity index (χ1v) is 10.5. The fourth-order valence-electron chi connectivity index (χ4n) is 4.79. The monoisotopic (exact) mass is 420 g/mol. The first-order chi connectivity index (χ1) is 10.8. The minimum atomic E-state index is -0.796. The molecule has 2 fully saturated rings. The first kappa shape index (κ1) is 20.7. The third-order valence-corrected chi connectivity index (χ3v) is 8.77. The quantitative estimate of drug-likeness (QED) is 0.394. The molecule has 0 spiro atoms.